The van der Waals surface area contributed by atoms with E-state index < -0.39 is 5.97 Å². The second-order valence-corrected chi connectivity index (χ2v) is 7.52. The van der Waals surface area contributed by atoms with Gasteiger partial charge in [-0.3, -0.25) is 9.78 Å². The van der Waals surface area contributed by atoms with Crippen molar-refractivity contribution < 1.29 is 14.3 Å². The molecule has 0 aliphatic heterocycles. The normalized spacial score (nSPS) is 12.6. The lowest BCUT2D eigenvalue weighted by Crippen LogP contribution is -2.21. The molecular weight excluding hydrogens is 372 g/mol. The van der Waals surface area contributed by atoms with Crippen molar-refractivity contribution in [3.8, 4) is 0 Å². The largest absolute Gasteiger partial charge is 0.452 e. The SMILES string of the molecule is CSc1cccc(NC(=O)COC(=O)c2c3c(nc4ccccc24)CCC3)c1. The zero-order valence-electron chi connectivity index (χ0n) is 15.5. The number of rotatable bonds is 5. The highest BCUT2D eigenvalue weighted by Crippen LogP contribution is 2.30. The number of nitrogens with one attached hydrogen (secondary N) is 1. The van der Waals surface area contributed by atoms with Gasteiger partial charge in [0.25, 0.3) is 5.91 Å². The molecule has 3 aromatic rings. The molecule has 0 radical (unpaired) electrons. The number of fused-ring (bicyclic) bond motifs is 2. The van der Waals surface area contributed by atoms with E-state index in [1.807, 2.05) is 54.8 Å². The third-order valence-corrected chi connectivity index (χ3v) is 5.54. The predicted molar refractivity (Wildman–Crippen MR) is 111 cm³/mol. The van der Waals surface area contributed by atoms with Crippen LogP contribution in [-0.2, 0) is 22.4 Å². The summed E-state index contributed by atoms with van der Waals surface area (Å²) in [6.07, 6.45) is 4.63. The van der Waals surface area contributed by atoms with Crippen LogP contribution in [0.5, 0.6) is 0 Å². The molecule has 1 heterocycles. The van der Waals surface area contributed by atoms with Crippen LogP contribution in [0.2, 0.25) is 0 Å². The summed E-state index contributed by atoms with van der Waals surface area (Å²) in [6, 6.07) is 15.1. The summed E-state index contributed by atoms with van der Waals surface area (Å²) in [5, 5.41) is 3.55. The van der Waals surface area contributed by atoms with Crippen molar-refractivity contribution in [2.45, 2.75) is 24.2 Å². The van der Waals surface area contributed by atoms with Crippen LogP contribution in [0.15, 0.2) is 53.4 Å². The van der Waals surface area contributed by atoms with Crippen LogP contribution in [0.25, 0.3) is 10.9 Å². The number of carbonyl (C=O) groups excluding carboxylic acids is 2. The minimum Gasteiger partial charge on any atom is -0.452 e. The van der Waals surface area contributed by atoms with E-state index in [1.165, 1.54) is 0 Å². The third kappa shape index (κ3) is 3.73. The van der Waals surface area contributed by atoms with Crippen LogP contribution in [0.1, 0.15) is 28.0 Å². The van der Waals surface area contributed by atoms with E-state index in [0.717, 1.165) is 46.3 Å². The van der Waals surface area contributed by atoms with Gasteiger partial charge < -0.3 is 10.1 Å². The average Bonchev–Trinajstić information content (AvgIpc) is 3.18. The van der Waals surface area contributed by atoms with Gasteiger partial charge in [-0.05, 0) is 55.3 Å². The minimum atomic E-state index is -0.468. The number of thioether (sulfide) groups is 1. The van der Waals surface area contributed by atoms with Crippen LogP contribution >= 0.6 is 11.8 Å². The maximum atomic E-state index is 12.8. The lowest BCUT2D eigenvalue weighted by atomic mass is 10.0. The Labute approximate surface area is 167 Å². The number of pyridine rings is 1. The molecule has 5 nitrogen and oxygen atoms in total. The smallest absolute Gasteiger partial charge is 0.339 e. The molecule has 1 N–H and O–H groups in total. The van der Waals surface area contributed by atoms with Gasteiger partial charge in [-0.25, -0.2) is 4.79 Å². The lowest BCUT2D eigenvalue weighted by molar-refractivity contribution is -0.119. The van der Waals surface area contributed by atoms with Crippen molar-refractivity contribution in [1.29, 1.82) is 0 Å². The fraction of sp³-hybridized carbons (Fsp3) is 0.227. The number of carbonyl (C=O) groups is 2. The van der Waals surface area contributed by atoms with Crippen molar-refractivity contribution in [3.63, 3.8) is 0 Å². The topological polar surface area (TPSA) is 68.3 Å². The number of benzene rings is 2. The molecule has 1 aliphatic rings. The fourth-order valence-corrected chi connectivity index (χ4v) is 4.00. The Hall–Kier alpha value is -2.86. The van der Waals surface area contributed by atoms with Gasteiger partial charge in [0.15, 0.2) is 6.61 Å². The predicted octanol–water partition coefficient (Wildman–Crippen LogP) is 4.24. The molecule has 1 aliphatic carbocycles. The van der Waals surface area contributed by atoms with Crippen molar-refractivity contribution in [2.75, 3.05) is 18.2 Å². The molecule has 0 saturated carbocycles. The Balaban J connectivity index is 1.50. The number of nitrogens with zero attached hydrogens (tertiary/aromatic N) is 1. The molecule has 2 aromatic carbocycles. The summed E-state index contributed by atoms with van der Waals surface area (Å²) in [6.45, 7) is -0.326. The van der Waals surface area contributed by atoms with Crippen LogP contribution in [-0.4, -0.2) is 29.7 Å². The highest BCUT2D eigenvalue weighted by molar-refractivity contribution is 7.98. The Morgan fingerprint density at radius 1 is 1.14 bits per heavy atom. The Morgan fingerprint density at radius 3 is 2.86 bits per heavy atom. The number of ether oxygens (including phenoxy) is 1. The number of amides is 1. The van der Waals surface area contributed by atoms with Crippen LogP contribution in [0, 0.1) is 0 Å². The van der Waals surface area contributed by atoms with Crippen molar-refractivity contribution >= 4 is 40.2 Å². The number of hydrogen-bond donors (Lipinski definition) is 1. The number of aryl methyl sites for hydroxylation is 1. The maximum Gasteiger partial charge on any atom is 0.339 e. The number of esters is 1. The fourth-order valence-electron chi connectivity index (χ4n) is 3.55. The second kappa shape index (κ2) is 8.02. The Kier molecular flexibility index (Phi) is 5.30. The molecule has 0 unspecified atom stereocenters. The van der Waals surface area contributed by atoms with Gasteiger partial charge in [-0.2, -0.15) is 0 Å². The molecule has 6 heteroatoms. The molecule has 0 saturated heterocycles. The van der Waals surface area contributed by atoms with Crippen molar-refractivity contribution in [3.05, 3.63) is 65.4 Å². The van der Waals surface area contributed by atoms with Crippen LogP contribution < -0.4 is 5.32 Å². The van der Waals surface area contributed by atoms with E-state index in [1.54, 1.807) is 11.8 Å². The molecule has 1 aromatic heterocycles. The summed E-state index contributed by atoms with van der Waals surface area (Å²) in [4.78, 5) is 30.8. The molecule has 142 valence electrons. The van der Waals surface area contributed by atoms with Crippen LogP contribution in [0.3, 0.4) is 0 Å². The molecular formula is C22H20N2O3S. The van der Waals surface area contributed by atoms with Gasteiger partial charge in [0, 0.05) is 21.7 Å². The molecule has 0 atom stereocenters. The van der Waals surface area contributed by atoms with Crippen molar-refractivity contribution in [2.24, 2.45) is 0 Å². The van der Waals surface area contributed by atoms with Crippen LogP contribution in [0.4, 0.5) is 5.69 Å². The standard InChI is InChI=1S/C22H20N2O3S/c1-28-15-7-4-6-14(12-15)23-20(25)13-27-22(26)21-16-8-2-3-10-18(16)24-19-11-5-9-17(19)21/h2-4,6-8,10,12H,5,9,11,13H2,1H3,(H,23,25). The monoisotopic (exact) mass is 392 g/mol. The molecule has 0 bridgehead atoms. The van der Waals surface area contributed by atoms with Gasteiger partial charge in [0.05, 0.1) is 11.1 Å². The minimum absolute atomic E-state index is 0.326. The average molecular weight is 392 g/mol. The first kappa shape index (κ1) is 18.5. The first-order chi connectivity index (χ1) is 13.7. The first-order valence-corrected chi connectivity index (χ1v) is 10.4. The van der Waals surface area contributed by atoms with Gasteiger partial charge in [-0.1, -0.05) is 24.3 Å². The summed E-state index contributed by atoms with van der Waals surface area (Å²) in [7, 11) is 0. The molecule has 0 spiro atoms. The Morgan fingerprint density at radius 2 is 2.00 bits per heavy atom. The summed E-state index contributed by atoms with van der Waals surface area (Å²) in [5.41, 5.74) is 3.94. The lowest BCUT2D eigenvalue weighted by Gasteiger charge is -2.12. The highest BCUT2D eigenvalue weighted by Gasteiger charge is 2.25. The molecule has 0 fully saturated rings. The van der Waals surface area contributed by atoms with E-state index in [-0.39, 0.29) is 12.5 Å². The van der Waals surface area contributed by atoms with Gasteiger partial charge in [-0.15, -0.1) is 11.8 Å². The highest BCUT2D eigenvalue weighted by atomic mass is 32.2. The van der Waals surface area contributed by atoms with Gasteiger partial charge in [0.2, 0.25) is 0 Å². The first-order valence-electron chi connectivity index (χ1n) is 9.17. The summed E-state index contributed by atoms with van der Waals surface area (Å²) >= 11 is 1.60. The van der Waals surface area contributed by atoms with E-state index in [2.05, 4.69) is 10.3 Å². The van der Waals surface area contributed by atoms with E-state index >= 15 is 0 Å². The van der Waals surface area contributed by atoms with Gasteiger partial charge in [0.1, 0.15) is 0 Å². The van der Waals surface area contributed by atoms with Crippen molar-refractivity contribution in [1.82, 2.24) is 4.98 Å². The number of para-hydroxylation sites is 1. The third-order valence-electron chi connectivity index (χ3n) is 4.81. The Bertz CT molecular complexity index is 1060. The zero-order chi connectivity index (χ0) is 19.5. The quantitative estimate of drug-likeness (QED) is 0.520. The van der Waals surface area contributed by atoms with E-state index in [9.17, 15) is 9.59 Å². The van der Waals surface area contributed by atoms with E-state index in [0.29, 0.717) is 11.3 Å². The molecule has 28 heavy (non-hydrogen) atoms. The second-order valence-electron chi connectivity index (χ2n) is 6.64. The number of anilines is 1. The number of aromatic nitrogens is 1. The summed E-state index contributed by atoms with van der Waals surface area (Å²) in [5.74, 6) is -0.827. The molecule has 4 rings (SSSR count). The maximum absolute atomic E-state index is 12.8. The van der Waals surface area contributed by atoms with E-state index in [4.69, 9.17) is 4.74 Å². The van der Waals surface area contributed by atoms with Gasteiger partial charge >= 0.3 is 5.97 Å². The zero-order valence-corrected chi connectivity index (χ0v) is 16.3. The summed E-state index contributed by atoms with van der Waals surface area (Å²) < 4.78 is 5.37. The molecule has 1 amide bonds. The number of hydrogen-bond acceptors (Lipinski definition) is 5.